The number of aryl methyl sites for hydroxylation is 1. The minimum absolute atomic E-state index is 0.600. The zero-order chi connectivity index (χ0) is 10.1. The Hall–Kier alpha value is -0.220. The van der Waals surface area contributed by atoms with Gasteiger partial charge in [0.1, 0.15) is 10.5 Å². The van der Waals surface area contributed by atoms with E-state index in [1.165, 1.54) is 25.7 Å². The van der Waals surface area contributed by atoms with Crippen molar-refractivity contribution >= 4 is 28.1 Å². The van der Waals surface area contributed by atoms with Crippen LogP contribution in [0.2, 0.25) is 0 Å². The summed E-state index contributed by atoms with van der Waals surface area (Å²) in [6.07, 6.45) is 5.14. The first kappa shape index (κ1) is 10.3. The van der Waals surface area contributed by atoms with Crippen LogP contribution in [0.25, 0.3) is 0 Å². The van der Waals surface area contributed by atoms with E-state index in [4.69, 9.17) is 12.2 Å². The highest BCUT2D eigenvalue weighted by molar-refractivity contribution is 9.10. The minimum atomic E-state index is 0.600. The van der Waals surface area contributed by atoms with E-state index in [2.05, 4.69) is 25.9 Å². The van der Waals surface area contributed by atoms with Crippen LogP contribution in [0.4, 0.5) is 0 Å². The molecule has 1 aromatic rings. The fraction of sp³-hybridized carbons (Fsp3) is 0.600. The third-order valence-electron chi connectivity index (χ3n) is 2.80. The van der Waals surface area contributed by atoms with Crippen molar-refractivity contribution in [3.05, 3.63) is 20.6 Å². The molecule has 0 aromatic carbocycles. The van der Waals surface area contributed by atoms with Crippen molar-refractivity contribution in [2.24, 2.45) is 0 Å². The smallest absolute Gasteiger partial charge is 0.144 e. The van der Waals surface area contributed by atoms with E-state index in [9.17, 15) is 0 Å². The Kier molecular flexibility index (Phi) is 3.02. The lowest BCUT2D eigenvalue weighted by molar-refractivity contribution is 0.661. The van der Waals surface area contributed by atoms with E-state index in [-0.39, 0.29) is 0 Å². The summed E-state index contributed by atoms with van der Waals surface area (Å²) in [6, 6.07) is 0. The summed E-state index contributed by atoms with van der Waals surface area (Å²) in [5.41, 5.74) is 1.09. The maximum absolute atomic E-state index is 5.19. The summed E-state index contributed by atoms with van der Waals surface area (Å²) in [5.74, 6) is 1.68. The lowest BCUT2D eigenvalue weighted by Crippen LogP contribution is -2.03. The Morgan fingerprint density at radius 2 is 2.07 bits per heavy atom. The first-order valence-corrected chi connectivity index (χ1v) is 6.15. The van der Waals surface area contributed by atoms with Crippen molar-refractivity contribution in [3.63, 3.8) is 0 Å². The molecule has 14 heavy (non-hydrogen) atoms. The van der Waals surface area contributed by atoms with Crippen LogP contribution in [0.15, 0.2) is 4.47 Å². The number of rotatable bonds is 1. The molecule has 0 radical (unpaired) electrons. The summed E-state index contributed by atoms with van der Waals surface area (Å²) in [5, 5.41) is 0. The lowest BCUT2D eigenvalue weighted by Gasteiger charge is -2.10. The topological polar surface area (TPSA) is 28.7 Å². The van der Waals surface area contributed by atoms with Crippen LogP contribution in [-0.4, -0.2) is 9.97 Å². The molecule has 0 spiro atoms. The molecule has 2 nitrogen and oxygen atoms in total. The van der Waals surface area contributed by atoms with Gasteiger partial charge in [-0.2, -0.15) is 0 Å². The highest BCUT2D eigenvalue weighted by Gasteiger charge is 2.19. The molecular formula is C10H13BrN2S. The van der Waals surface area contributed by atoms with Gasteiger partial charge in [0, 0.05) is 11.6 Å². The predicted octanol–water partition coefficient (Wildman–Crippen LogP) is 3.87. The number of aromatic nitrogens is 2. The molecule has 1 heterocycles. The van der Waals surface area contributed by atoms with E-state index < -0.39 is 0 Å². The summed E-state index contributed by atoms with van der Waals surface area (Å²) in [4.78, 5) is 7.76. The van der Waals surface area contributed by atoms with Gasteiger partial charge < -0.3 is 4.98 Å². The largest absolute Gasteiger partial charge is 0.346 e. The summed E-state index contributed by atoms with van der Waals surface area (Å²) in [7, 11) is 0. The van der Waals surface area contributed by atoms with E-state index in [1.807, 2.05) is 6.92 Å². The van der Waals surface area contributed by atoms with Gasteiger partial charge in [-0.25, -0.2) is 4.98 Å². The normalized spacial score (nSPS) is 17.6. The van der Waals surface area contributed by atoms with Gasteiger partial charge in [0.2, 0.25) is 0 Å². The number of hydrogen-bond donors (Lipinski definition) is 1. The van der Waals surface area contributed by atoms with Gasteiger partial charge in [-0.05, 0) is 35.7 Å². The van der Waals surface area contributed by atoms with Crippen LogP contribution in [0.3, 0.4) is 0 Å². The van der Waals surface area contributed by atoms with E-state index in [0.717, 1.165) is 16.0 Å². The van der Waals surface area contributed by atoms with Crippen LogP contribution in [0, 0.1) is 11.6 Å². The zero-order valence-corrected chi connectivity index (χ0v) is 10.5. The second-order valence-electron chi connectivity index (χ2n) is 3.85. The number of nitrogens with zero attached hydrogens (tertiary/aromatic N) is 1. The molecule has 0 bridgehead atoms. The van der Waals surface area contributed by atoms with Crippen LogP contribution in [-0.2, 0) is 0 Å². The van der Waals surface area contributed by atoms with Gasteiger partial charge in [-0.1, -0.05) is 25.1 Å². The van der Waals surface area contributed by atoms with Gasteiger partial charge in [-0.3, -0.25) is 0 Å². The Bertz CT molecular complexity index is 394. The quantitative estimate of drug-likeness (QED) is 0.787. The van der Waals surface area contributed by atoms with Gasteiger partial charge in [-0.15, -0.1) is 0 Å². The third kappa shape index (κ3) is 1.91. The van der Waals surface area contributed by atoms with E-state index >= 15 is 0 Å². The van der Waals surface area contributed by atoms with Crippen molar-refractivity contribution in [3.8, 4) is 0 Å². The molecule has 0 unspecified atom stereocenters. The Labute approximate surface area is 97.3 Å². The minimum Gasteiger partial charge on any atom is -0.346 e. The maximum Gasteiger partial charge on any atom is 0.144 e. The summed E-state index contributed by atoms with van der Waals surface area (Å²) >= 11 is 8.61. The van der Waals surface area contributed by atoms with Crippen molar-refractivity contribution in [1.82, 2.24) is 9.97 Å². The molecule has 76 valence electrons. The fourth-order valence-electron chi connectivity index (χ4n) is 1.99. The van der Waals surface area contributed by atoms with Crippen LogP contribution < -0.4 is 0 Å². The zero-order valence-electron chi connectivity index (χ0n) is 8.14. The molecule has 0 aliphatic heterocycles. The van der Waals surface area contributed by atoms with Gasteiger partial charge in [0.15, 0.2) is 0 Å². The molecule has 0 saturated heterocycles. The molecule has 2 rings (SSSR count). The maximum atomic E-state index is 5.19. The number of H-pyrrole nitrogens is 1. The SMILES string of the molecule is Cc1[nH]c(C2CCCC2)nc(=S)c1Br. The van der Waals surface area contributed by atoms with Gasteiger partial charge >= 0.3 is 0 Å². The first-order valence-electron chi connectivity index (χ1n) is 4.95. The van der Waals surface area contributed by atoms with Crippen LogP contribution in [0.1, 0.15) is 43.1 Å². The Balaban J connectivity index is 2.39. The Morgan fingerprint density at radius 1 is 1.43 bits per heavy atom. The first-order chi connectivity index (χ1) is 6.68. The van der Waals surface area contributed by atoms with Crippen molar-refractivity contribution in [1.29, 1.82) is 0 Å². The van der Waals surface area contributed by atoms with Crippen molar-refractivity contribution in [2.75, 3.05) is 0 Å². The molecule has 0 amide bonds. The lowest BCUT2D eigenvalue weighted by atomic mass is 10.1. The van der Waals surface area contributed by atoms with Crippen molar-refractivity contribution in [2.45, 2.75) is 38.5 Å². The van der Waals surface area contributed by atoms with E-state index in [1.54, 1.807) is 0 Å². The predicted molar refractivity (Wildman–Crippen MR) is 63.1 cm³/mol. The second kappa shape index (κ2) is 4.11. The second-order valence-corrected chi connectivity index (χ2v) is 5.03. The van der Waals surface area contributed by atoms with Gasteiger partial charge in [0.25, 0.3) is 0 Å². The molecule has 1 aliphatic rings. The Morgan fingerprint density at radius 3 is 2.64 bits per heavy atom. The average molecular weight is 273 g/mol. The number of hydrogen-bond acceptors (Lipinski definition) is 2. The van der Waals surface area contributed by atoms with E-state index in [0.29, 0.717) is 10.6 Å². The summed E-state index contributed by atoms with van der Waals surface area (Å²) < 4.78 is 1.61. The highest BCUT2D eigenvalue weighted by Crippen LogP contribution is 2.32. The molecule has 1 N–H and O–H groups in total. The number of nitrogens with one attached hydrogen (secondary N) is 1. The fourth-order valence-corrected chi connectivity index (χ4v) is 2.43. The molecule has 0 atom stereocenters. The number of aromatic amines is 1. The highest BCUT2D eigenvalue weighted by atomic mass is 79.9. The molecule has 1 fully saturated rings. The monoisotopic (exact) mass is 272 g/mol. The number of halogens is 1. The molecule has 1 saturated carbocycles. The van der Waals surface area contributed by atoms with Crippen LogP contribution in [0.5, 0.6) is 0 Å². The molecule has 4 heteroatoms. The average Bonchev–Trinajstić information content (AvgIpc) is 2.66. The summed E-state index contributed by atoms with van der Waals surface area (Å²) in [6.45, 7) is 2.03. The third-order valence-corrected chi connectivity index (χ3v) is 4.32. The van der Waals surface area contributed by atoms with Crippen molar-refractivity contribution < 1.29 is 0 Å². The standard InChI is InChI=1S/C10H13BrN2S/c1-6-8(11)10(14)13-9(12-6)7-4-2-3-5-7/h7H,2-5H2,1H3,(H,12,13,14). The van der Waals surface area contributed by atoms with Crippen LogP contribution >= 0.6 is 28.1 Å². The van der Waals surface area contributed by atoms with Gasteiger partial charge in [0.05, 0.1) is 4.47 Å². The molecule has 1 aromatic heterocycles. The molecular weight excluding hydrogens is 260 g/mol. The molecule has 1 aliphatic carbocycles.